The smallest absolute Gasteiger partial charge is 0.298 e. The SMILES string of the molecule is CCC(=O)C1C(=O)NC(=O)NC1=O. The summed E-state index contributed by atoms with van der Waals surface area (Å²) in [4.78, 5) is 43.6. The minimum atomic E-state index is -1.37. The van der Waals surface area contributed by atoms with E-state index in [2.05, 4.69) is 0 Å². The number of Topliss-reactive ketones (excluding diaryl/α,β-unsaturated/α-hetero) is 1. The lowest BCUT2D eigenvalue weighted by Crippen LogP contribution is -2.57. The summed E-state index contributed by atoms with van der Waals surface area (Å²) < 4.78 is 0. The minimum Gasteiger partial charge on any atom is -0.298 e. The number of rotatable bonds is 2. The van der Waals surface area contributed by atoms with Crippen LogP contribution in [0.4, 0.5) is 4.79 Å². The molecule has 0 radical (unpaired) electrons. The zero-order chi connectivity index (χ0) is 10.0. The number of urea groups is 1. The van der Waals surface area contributed by atoms with E-state index >= 15 is 0 Å². The second-order valence-corrected chi connectivity index (χ2v) is 2.56. The van der Waals surface area contributed by atoms with Gasteiger partial charge >= 0.3 is 6.03 Å². The van der Waals surface area contributed by atoms with E-state index in [1.807, 2.05) is 10.6 Å². The molecule has 0 saturated carbocycles. The summed E-state index contributed by atoms with van der Waals surface area (Å²) in [5.41, 5.74) is 0. The number of ketones is 1. The van der Waals surface area contributed by atoms with Crippen molar-refractivity contribution in [2.45, 2.75) is 13.3 Å². The molecular weight excluding hydrogens is 176 g/mol. The molecule has 0 unspecified atom stereocenters. The van der Waals surface area contributed by atoms with Crippen LogP contribution < -0.4 is 10.6 Å². The molecule has 70 valence electrons. The standard InChI is InChI=1S/C7H8N2O4/c1-2-3(10)4-5(11)8-7(13)9-6(4)12/h4H,2H2,1H3,(H2,8,9,11,12,13). The first-order chi connectivity index (χ1) is 6.06. The van der Waals surface area contributed by atoms with Crippen LogP contribution in [-0.2, 0) is 14.4 Å². The predicted molar refractivity (Wildman–Crippen MR) is 40.5 cm³/mol. The monoisotopic (exact) mass is 184 g/mol. The highest BCUT2D eigenvalue weighted by Gasteiger charge is 2.38. The number of carbonyl (C=O) groups excluding carboxylic acids is 4. The van der Waals surface area contributed by atoms with Crippen molar-refractivity contribution in [2.24, 2.45) is 5.92 Å². The largest absolute Gasteiger partial charge is 0.328 e. The van der Waals surface area contributed by atoms with Gasteiger partial charge in [-0.05, 0) is 0 Å². The lowest BCUT2D eigenvalue weighted by atomic mass is 9.99. The zero-order valence-corrected chi connectivity index (χ0v) is 6.92. The van der Waals surface area contributed by atoms with Gasteiger partial charge in [-0.2, -0.15) is 0 Å². The van der Waals surface area contributed by atoms with Crippen LogP contribution in [0.25, 0.3) is 0 Å². The molecule has 0 atom stereocenters. The van der Waals surface area contributed by atoms with Gasteiger partial charge < -0.3 is 0 Å². The topological polar surface area (TPSA) is 92.3 Å². The lowest BCUT2D eigenvalue weighted by Gasteiger charge is -2.18. The maximum Gasteiger partial charge on any atom is 0.328 e. The molecule has 4 amide bonds. The van der Waals surface area contributed by atoms with Crippen LogP contribution in [-0.4, -0.2) is 23.6 Å². The van der Waals surface area contributed by atoms with E-state index in [4.69, 9.17) is 0 Å². The molecule has 0 aromatic heterocycles. The fraction of sp³-hybridized carbons (Fsp3) is 0.429. The van der Waals surface area contributed by atoms with Gasteiger partial charge in [-0.1, -0.05) is 6.92 Å². The van der Waals surface area contributed by atoms with E-state index < -0.39 is 29.5 Å². The maximum absolute atomic E-state index is 11.1. The molecular formula is C7H8N2O4. The second-order valence-electron chi connectivity index (χ2n) is 2.56. The zero-order valence-electron chi connectivity index (χ0n) is 6.92. The van der Waals surface area contributed by atoms with E-state index in [9.17, 15) is 19.2 Å². The Labute approximate surface area is 73.7 Å². The van der Waals surface area contributed by atoms with Gasteiger partial charge in [-0.15, -0.1) is 0 Å². The van der Waals surface area contributed by atoms with Gasteiger partial charge in [0.1, 0.15) is 0 Å². The third-order valence-electron chi connectivity index (χ3n) is 1.67. The van der Waals surface area contributed by atoms with E-state index in [0.717, 1.165) is 0 Å². The number of hydrogen-bond donors (Lipinski definition) is 2. The van der Waals surface area contributed by atoms with Gasteiger partial charge in [-0.25, -0.2) is 4.79 Å². The summed E-state index contributed by atoms with van der Waals surface area (Å²) in [6, 6.07) is -0.879. The Kier molecular flexibility index (Phi) is 2.41. The van der Waals surface area contributed by atoms with Gasteiger partial charge in [0.05, 0.1) is 0 Å². The quantitative estimate of drug-likeness (QED) is 0.535. The minimum absolute atomic E-state index is 0.0830. The molecule has 1 heterocycles. The highest BCUT2D eigenvalue weighted by molar-refractivity contribution is 6.26. The van der Waals surface area contributed by atoms with Crippen LogP contribution >= 0.6 is 0 Å². The molecule has 2 N–H and O–H groups in total. The van der Waals surface area contributed by atoms with Crippen molar-refractivity contribution in [2.75, 3.05) is 0 Å². The van der Waals surface area contributed by atoms with Gasteiger partial charge in [-0.3, -0.25) is 25.0 Å². The van der Waals surface area contributed by atoms with E-state index in [1.54, 1.807) is 6.92 Å². The summed E-state index contributed by atoms with van der Waals surface area (Å²) in [6.45, 7) is 1.54. The number of carbonyl (C=O) groups is 4. The first-order valence-corrected chi connectivity index (χ1v) is 3.74. The van der Waals surface area contributed by atoms with Crippen molar-refractivity contribution < 1.29 is 19.2 Å². The van der Waals surface area contributed by atoms with Gasteiger partial charge in [0, 0.05) is 6.42 Å². The molecule has 0 aromatic carbocycles. The molecule has 1 saturated heterocycles. The highest BCUT2D eigenvalue weighted by Crippen LogP contribution is 2.05. The number of hydrogen-bond acceptors (Lipinski definition) is 4. The third kappa shape index (κ3) is 1.71. The number of barbiturate groups is 1. The Balaban J connectivity index is 2.85. The van der Waals surface area contributed by atoms with Crippen LogP contribution in [0.1, 0.15) is 13.3 Å². The Morgan fingerprint density at radius 2 is 1.69 bits per heavy atom. The third-order valence-corrected chi connectivity index (χ3v) is 1.67. The molecule has 13 heavy (non-hydrogen) atoms. The Morgan fingerprint density at radius 3 is 2.08 bits per heavy atom. The Hall–Kier alpha value is -1.72. The molecule has 1 aliphatic heterocycles. The first kappa shape index (κ1) is 9.37. The number of amides is 4. The molecule has 1 aliphatic rings. The fourth-order valence-electron chi connectivity index (χ4n) is 1.02. The van der Waals surface area contributed by atoms with Crippen LogP contribution in [0.2, 0.25) is 0 Å². The summed E-state index contributed by atoms with van der Waals surface area (Å²) in [5.74, 6) is -3.56. The molecule has 0 aliphatic carbocycles. The summed E-state index contributed by atoms with van der Waals surface area (Å²) in [7, 11) is 0. The maximum atomic E-state index is 11.1. The van der Waals surface area contributed by atoms with Crippen molar-refractivity contribution in [3.05, 3.63) is 0 Å². The molecule has 0 bridgehead atoms. The Bertz CT molecular complexity index is 277. The average Bonchev–Trinajstić information content (AvgIpc) is 2.02. The van der Waals surface area contributed by atoms with E-state index in [1.165, 1.54) is 0 Å². The summed E-state index contributed by atoms with van der Waals surface area (Å²) >= 11 is 0. The lowest BCUT2D eigenvalue weighted by molar-refractivity contribution is -0.142. The van der Waals surface area contributed by atoms with Gasteiger partial charge in [0.15, 0.2) is 11.7 Å². The summed E-state index contributed by atoms with van der Waals surface area (Å²) in [5, 5.41) is 3.69. The van der Waals surface area contributed by atoms with Gasteiger partial charge in [0.2, 0.25) is 11.8 Å². The molecule has 0 spiro atoms. The van der Waals surface area contributed by atoms with Crippen LogP contribution in [0.3, 0.4) is 0 Å². The molecule has 1 rings (SSSR count). The van der Waals surface area contributed by atoms with Crippen LogP contribution in [0.15, 0.2) is 0 Å². The van der Waals surface area contributed by atoms with Crippen LogP contribution in [0.5, 0.6) is 0 Å². The van der Waals surface area contributed by atoms with Crippen molar-refractivity contribution >= 4 is 23.6 Å². The average molecular weight is 184 g/mol. The van der Waals surface area contributed by atoms with Crippen molar-refractivity contribution in [1.82, 2.24) is 10.6 Å². The molecule has 6 heteroatoms. The van der Waals surface area contributed by atoms with E-state index in [0.29, 0.717) is 0 Å². The number of nitrogens with one attached hydrogen (secondary N) is 2. The van der Waals surface area contributed by atoms with Crippen molar-refractivity contribution in [1.29, 1.82) is 0 Å². The normalized spacial score (nSPS) is 18.1. The van der Waals surface area contributed by atoms with Crippen LogP contribution in [0, 0.1) is 5.92 Å². The first-order valence-electron chi connectivity index (χ1n) is 3.74. The predicted octanol–water partition coefficient (Wildman–Crippen LogP) is -1.05. The number of imide groups is 2. The molecule has 6 nitrogen and oxygen atoms in total. The second kappa shape index (κ2) is 3.34. The van der Waals surface area contributed by atoms with E-state index in [-0.39, 0.29) is 6.42 Å². The molecule has 1 fully saturated rings. The Morgan fingerprint density at radius 1 is 1.23 bits per heavy atom. The summed E-state index contributed by atoms with van der Waals surface area (Å²) in [6.07, 6.45) is 0.0830. The van der Waals surface area contributed by atoms with Crippen molar-refractivity contribution in [3.8, 4) is 0 Å². The fourth-order valence-corrected chi connectivity index (χ4v) is 1.02. The highest BCUT2D eigenvalue weighted by atomic mass is 16.2. The van der Waals surface area contributed by atoms with Gasteiger partial charge in [0.25, 0.3) is 0 Å². The van der Waals surface area contributed by atoms with Crippen molar-refractivity contribution in [3.63, 3.8) is 0 Å². The molecule has 0 aromatic rings.